The van der Waals surface area contributed by atoms with Gasteiger partial charge in [0.25, 0.3) is 5.91 Å². The number of carbonyl (C=O) groups excluding carboxylic acids is 2. The van der Waals surface area contributed by atoms with Crippen LogP contribution in [-0.2, 0) is 4.79 Å². The largest absolute Gasteiger partial charge is 0.368 e. The molecule has 1 saturated heterocycles. The van der Waals surface area contributed by atoms with Gasteiger partial charge >= 0.3 is 0 Å². The molecule has 0 unspecified atom stereocenters. The van der Waals surface area contributed by atoms with E-state index >= 15 is 0 Å². The lowest BCUT2D eigenvalue weighted by atomic mass is 10.1. The standard InChI is InChI=1S/C21H24ClN3O2/c1-16-7-8-18(22)15-19(16)24-11-13-25(14-12-24)20(26)9-10-23-21(27)17-5-3-2-4-6-17/h2-8,15H,9-14H2,1H3,(H,23,27). The molecule has 6 heteroatoms. The predicted molar refractivity (Wildman–Crippen MR) is 108 cm³/mol. The summed E-state index contributed by atoms with van der Waals surface area (Å²) in [5, 5.41) is 3.53. The van der Waals surface area contributed by atoms with Crippen molar-refractivity contribution in [3.05, 3.63) is 64.7 Å². The summed E-state index contributed by atoms with van der Waals surface area (Å²) < 4.78 is 0. The molecule has 142 valence electrons. The van der Waals surface area contributed by atoms with Crippen molar-refractivity contribution in [2.75, 3.05) is 37.6 Å². The van der Waals surface area contributed by atoms with Crippen LogP contribution in [0.15, 0.2) is 48.5 Å². The number of carbonyl (C=O) groups is 2. The molecule has 0 spiro atoms. The number of rotatable bonds is 5. The first-order chi connectivity index (χ1) is 13.0. The lowest BCUT2D eigenvalue weighted by Gasteiger charge is -2.37. The maximum Gasteiger partial charge on any atom is 0.251 e. The van der Waals surface area contributed by atoms with E-state index in [2.05, 4.69) is 17.1 Å². The average molecular weight is 386 g/mol. The van der Waals surface area contributed by atoms with Crippen LogP contribution in [0.3, 0.4) is 0 Å². The van der Waals surface area contributed by atoms with Crippen LogP contribution in [0.2, 0.25) is 5.02 Å². The smallest absolute Gasteiger partial charge is 0.251 e. The van der Waals surface area contributed by atoms with Gasteiger partial charge in [0.15, 0.2) is 0 Å². The minimum Gasteiger partial charge on any atom is -0.368 e. The number of aryl methyl sites for hydroxylation is 1. The number of nitrogens with one attached hydrogen (secondary N) is 1. The van der Waals surface area contributed by atoms with Crippen LogP contribution in [0.5, 0.6) is 0 Å². The Balaban J connectivity index is 1.45. The number of anilines is 1. The minimum atomic E-state index is -0.148. The van der Waals surface area contributed by atoms with Crippen LogP contribution in [0, 0.1) is 6.92 Å². The molecule has 2 aromatic rings. The zero-order valence-corrected chi connectivity index (χ0v) is 16.2. The van der Waals surface area contributed by atoms with Crippen LogP contribution in [-0.4, -0.2) is 49.4 Å². The number of piperazine rings is 1. The Labute approximate surface area is 164 Å². The number of hydrogen-bond donors (Lipinski definition) is 1. The van der Waals surface area contributed by atoms with Gasteiger partial charge in [-0.3, -0.25) is 9.59 Å². The summed E-state index contributed by atoms with van der Waals surface area (Å²) in [4.78, 5) is 28.6. The second-order valence-electron chi connectivity index (χ2n) is 6.67. The SMILES string of the molecule is Cc1ccc(Cl)cc1N1CCN(C(=O)CCNC(=O)c2ccccc2)CC1. The molecule has 1 fully saturated rings. The van der Waals surface area contributed by atoms with Gasteiger partial charge in [0, 0.05) is 55.4 Å². The molecule has 1 aliphatic heterocycles. The summed E-state index contributed by atoms with van der Waals surface area (Å²) >= 11 is 6.12. The van der Waals surface area contributed by atoms with Crippen molar-refractivity contribution in [3.63, 3.8) is 0 Å². The molecule has 1 heterocycles. The molecule has 5 nitrogen and oxygen atoms in total. The Morgan fingerprint density at radius 1 is 1.04 bits per heavy atom. The first kappa shape index (κ1) is 19.2. The highest BCUT2D eigenvalue weighted by molar-refractivity contribution is 6.30. The van der Waals surface area contributed by atoms with Crippen molar-refractivity contribution in [2.24, 2.45) is 0 Å². The zero-order valence-electron chi connectivity index (χ0n) is 15.5. The lowest BCUT2D eigenvalue weighted by Crippen LogP contribution is -2.49. The first-order valence-corrected chi connectivity index (χ1v) is 9.54. The molecule has 1 N–H and O–H groups in total. The van der Waals surface area contributed by atoms with E-state index in [1.807, 2.05) is 41.3 Å². The quantitative estimate of drug-likeness (QED) is 0.860. The average Bonchev–Trinajstić information content (AvgIpc) is 2.70. The molecule has 0 radical (unpaired) electrons. The lowest BCUT2D eigenvalue weighted by molar-refractivity contribution is -0.131. The summed E-state index contributed by atoms with van der Waals surface area (Å²) in [6, 6.07) is 14.9. The number of amides is 2. The number of halogens is 1. The highest BCUT2D eigenvalue weighted by atomic mass is 35.5. The van der Waals surface area contributed by atoms with Crippen molar-refractivity contribution in [1.82, 2.24) is 10.2 Å². The van der Waals surface area contributed by atoms with Gasteiger partial charge in [-0.15, -0.1) is 0 Å². The summed E-state index contributed by atoms with van der Waals surface area (Å²) in [5.41, 5.74) is 2.92. The maximum atomic E-state index is 12.4. The highest BCUT2D eigenvalue weighted by Gasteiger charge is 2.22. The Hall–Kier alpha value is -2.53. The summed E-state index contributed by atoms with van der Waals surface area (Å²) in [6.07, 6.45) is 0.314. The van der Waals surface area contributed by atoms with Gasteiger partial charge in [-0.05, 0) is 36.8 Å². The Bertz CT molecular complexity index is 802. The fraction of sp³-hybridized carbons (Fsp3) is 0.333. The normalized spacial score (nSPS) is 14.1. The number of benzene rings is 2. The molecule has 3 rings (SSSR count). The van der Waals surface area contributed by atoms with E-state index in [4.69, 9.17) is 11.6 Å². The van der Waals surface area contributed by atoms with Gasteiger partial charge in [-0.1, -0.05) is 35.9 Å². The highest BCUT2D eigenvalue weighted by Crippen LogP contribution is 2.25. The van der Waals surface area contributed by atoms with Gasteiger partial charge in [0.2, 0.25) is 5.91 Å². The topological polar surface area (TPSA) is 52.6 Å². The fourth-order valence-corrected chi connectivity index (χ4v) is 3.42. The Kier molecular flexibility index (Phi) is 6.35. The van der Waals surface area contributed by atoms with Crippen molar-refractivity contribution < 1.29 is 9.59 Å². The van der Waals surface area contributed by atoms with E-state index in [1.165, 1.54) is 5.56 Å². The van der Waals surface area contributed by atoms with E-state index < -0.39 is 0 Å². The van der Waals surface area contributed by atoms with Crippen LogP contribution in [0.1, 0.15) is 22.3 Å². The third-order valence-electron chi connectivity index (χ3n) is 4.80. The fourth-order valence-electron chi connectivity index (χ4n) is 3.25. The summed E-state index contributed by atoms with van der Waals surface area (Å²) in [5.74, 6) is -0.0736. The number of nitrogens with zero attached hydrogens (tertiary/aromatic N) is 2. The number of hydrogen-bond acceptors (Lipinski definition) is 3. The van der Waals surface area contributed by atoms with Crippen LogP contribution in [0.4, 0.5) is 5.69 Å². The monoisotopic (exact) mass is 385 g/mol. The summed E-state index contributed by atoms with van der Waals surface area (Å²) in [7, 11) is 0. The molecule has 0 bridgehead atoms. The van der Waals surface area contributed by atoms with E-state index in [1.54, 1.807) is 12.1 Å². The van der Waals surface area contributed by atoms with E-state index in [-0.39, 0.29) is 11.8 Å². The van der Waals surface area contributed by atoms with Gasteiger partial charge < -0.3 is 15.1 Å². The third-order valence-corrected chi connectivity index (χ3v) is 5.04. The minimum absolute atomic E-state index is 0.0748. The van der Waals surface area contributed by atoms with Gasteiger partial charge in [0.1, 0.15) is 0 Å². The molecule has 0 aliphatic carbocycles. The molecular weight excluding hydrogens is 362 g/mol. The second-order valence-corrected chi connectivity index (χ2v) is 7.11. The van der Waals surface area contributed by atoms with E-state index in [0.717, 1.165) is 23.8 Å². The van der Waals surface area contributed by atoms with E-state index in [0.29, 0.717) is 31.6 Å². The third kappa shape index (κ3) is 5.01. The predicted octanol–water partition coefficient (Wildman–Crippen LogP) is 3.12. The van der Waals surface area contributed by atoms with Crippen LogP contribution < -0.4 is 10.2 Å². The van der Waals surface area contributed by atoms with Crippen LogP contribution in [0.25, 0.3) is 0 Å². The zero-order chi connectivity index (χ0) is 19.2. The van der Waals surface area contributed by atoms with Crippen LogP contribution >= 0.6 is 11.6 Å². The van der Waals surface area contributed by atoms with Crippen molar-refractivity contribution in [2.45, 2.75) is 13.3 Å². The van der Waals surface area contributed by atoms with Crippen molar-refractivity contribution in [3.8, 4) is 0 Å². The van der Waals surface area contributed by atoms with E-state index in [9.17, 15) is 9.59 Å². The summed E-state index contributed by atoms with van der Waals surface area (Å²) in [6.45, 7) is 5.33. The molecule has 1 aliphatic rings. The first-order valence-electron chi connectivity index (χ1n) is 9.17. The van der Waals surface area contributed by atoms with Gasteiger partial charge in [-0.25, -0.2) is 0 Å². The van der Waals surface area contributed by atoms with Gasteiger partial charge in [0.05, 0.1) is 0 Å². The molecule has 2 aromatic carbocycles. The van der Waals surface area contributed by atoms with Crippen molar-refractivity contribution >= 4 is 29.1 Å². The van der Waals surface area contributed by atoms with Crippen molar-refractivity contribution in [1.29, 1.82) is 0 Å². The molecule has 2 amide bonds. The second kappa shape index (κ2) is 8.91. The molecule has 27 heavy (non-hydrogen) atoms. The molecule has 0 saturated carbocycles. The Morgan fingerprint density at radius 2 is 1.74 bits per heavy atom. The molecular formula is C21H24ClN3O2. The molecule has 0 atom stereocenters. The Morgan fingerprint density at radius 3 is 2.44 bits per heavy atom. The maximum absolute atomic E-state index is 12.4. The molecule has 0 aromatic heterocycles. The van der Waals surface area contributed by atoms with Gasteiger partial charge in [-0.2, -0.15) is 0 Å².